The first-order chi connectivity index (χ1) is 10.5. The molecule has 1 saturated carbocycles. The number of amides is 1. The number of hydrogen-bond acceptors (Lipinski definition) is 2. The molecule has 0 spiro atoms. The molecule has 1 aliphatic carbocycles. The van der Waals surface area contributed by atoms with Crippen molar-refractivity contribution >= 4 is 23.5 Å². The summed E-state index contributed by atoms with van der Waals surface area (Å²) in [5, 5.41) is 9.90. The monoisotopic (exact) mass is 321 g/mol. The predicted octanol–water partition coefficient (Wildman–Crippen LogP) is 3.16. The van der Waals surface area contributed by atoms with Crippen LogP contribution in [0.5, 0.6) is 0 Å². The van der Waals surface area contributed by atoms with E-state index in [9.17, 15) is 14.7 Å². The largest absolute Gasteiger partial charge is 0.481 e. The van der Waals surface area contributed by atoms with Gasteiger partial charge in [-0.1, -0.05) is 29.8 Å². The number of nitrogens with zero attached hydrogens (tertiary/aromatic N) is 1. The number of likely N-dealkylation sites (tertiary alicyclic amines) is 1. The van der Waals surface area contributed by atoms with Gasteiger partial charge in [-0.15, -0.1) is 0 Å². The molecule has 0 aromatic heterocycles. The van der Waals surface area contributed by atoms with Crippen LogP contribution in [-0.2, 0) is 9.59 Å². The molecule has 1 aliphatic heterocycles. The van der Waals surface area contributed by atoms with Gasteiger partial charge in [0.15, 0.2) is 0 Å². The highest BCUT2D eigenvalue weighted by Crippen LogP contribution is 2.51. The Labute approximate surface area is 135 Å². The molecule has 0 bridgehead atoms. The molecule has 118 valence electrons. The third kappa shape index (κ3) is 2.84. The molecule has 3 rings (SSSR count). The number of piperidine rings is 1. The van der Waals surface area contributed by atoms with Crippen LogP contribution >= 0.6 is 11.6 Å². The van der Waals surface area contributed by atoms with Crippen molar-refractivity contribution in [1.29, 1.82) is 0 Å². The summed E-state index contributed by atoms with van der Waals surface area (Å²) in [6.07, 6.45) is 2.22. The number of rotatable bonds is 3. The van der Waals surface area contributed by atoms with Gasteiger partial charge in [0.05, 0.1) is 5.92 Å². The fourth-order valence-corrected chi connectivity index (χ4v) is 3.69. The molecule has 1 amide bonds. The fourth-order valence-electron chi connectivity index (χ4n) is 3.42. The van der Waals surface area contributed by atoms with Gasteiger partial charge in [-0.05, 0) is 43.7 Å². The molecule has 1 heterocycles. The highest BCUT2D eigenvalue weighted by Gasteiger charge is 2.48. The number of carboxylic acid groups (broad SMARTS) is 1. The quantitative estimate of drug-likeness (QED) is 0.930. The zero-order chi connectivity index (χ0) is 15.9. The first-order valence-electron chi connectivity index (χ1n) is 7.76. The van der Waals surface area contributed by atoms with Gasteiger partial charge in [-0.2, -0.15) is 0 Å². The van der Waals surface area contributed by atoms with Gasteiger partial charge in [0.1, 0.15) is 0 Å². The Hall–Kier alpha value is -1.55. The van der Waals surface area contributed by atoms with E-state index in [2.05, 4.69) is 0 Å². The summed E-state index contributed by atoms with van der Waals surface area (Å²) in [5.41, 5.74) is 1.03. The van der Waals surface area contributed by atoms with Gasteiger partial charge >= 0.3 is 5.97 Å². The fraction of sp³-hybridized carbons (Fsp3) is 0.529. The zero-order valence-electron chi connectivity index (χ0n) is 12.5. The maximum absolute atomic E-state index is 12.7. The summed E-state index contributed by atoms with van der Waals surface area (Å²) in [7, 11) is 0. The standard InChI is InChI=1S/C17H20ClNO3/c1-10-6-7-11(17(21)22)9-19(10)16(20)14-8-13(14)12-4-2-3-5-15(12)18/h2-5,10-11,13-14H,6-9H2,1H3,(H,21,22). The second-order valence-electron chi connectivity index (χ2n) is 6.42. The van der Waals surface area contributed by atoms with Gasteiger partial charge in [0.2, 0.25) is 5.91 Å². The molecular weight excluding hydrogens is 302 g/mol. The van der Waals surface area contributed by atoms with Gasteiger partial charge < -0.3 is 10.0 Å². The molecule has 1 aromatic rings. The molecule has 5 heteroatoms. The van der Waals surface area contributed by atoms with Crippen LogP contribution < -0.4 is 0 Å². The number of halogens is 1. The molecule has 1 saturated heterocycles. The average molecular weight is 322 g/mol. The Bertz CT molecular complexity index is 603. The van der Waals surface area contributed by atoms with E-state index < -0.39 is 11.9 Å². The van der Waals surface area contributed by atoms with Crippen molar-refractivity contribution in [2.45, 2.75) is 38.1 Å². The summed E-state index contributed by atoms with van der Waals surface area (Å²) in [4.78, 5) is 25.7. The summed E-state index contributed by atoms with van der Waals surface area (Å²) in [6.45, 7) is 2.34. The van der Waals surface area contributed by atoms with E-state index in [1.807, 2.05) is 31.2 Å². The number of carbonyl (C=O) groups is 2. The normalized spacial score (nSPS) is 30.9. The van der Waals surface area contributed by atoms with Crippen molar-refractivity contribution in [3.05, 3.63) is 34.9 Å². The lowest BCUT2D eigenvalue weighted by Crippen LogP contribution is -2.48. The minimum absolute atomic E-state index is 0.0464. The summed E-state index contributed by atoms with van der Waals surface area (Å²) in [5.74, 6) is -1.02. The van der Waals surface area contributed by atoms with Gasteiger partial charge in [0.25, 0.3) is 0 Å². The van der Waals surface area contributed by atoms with E-state index in [4.69, 9.17) is 11.6 Å². The first kappa shape index (κ1) is 15.3. The van der Waals surface area contributed by atoms with E-state index in [-0.39, 0.29) is 23.8 Å². The summed E-state index contributed by atoms with van der Waals surface area (Å²) >= 11 is 6.21. The van der Waals surface area contributed by atoms with Crippen molar-refractivity contribution in [2.24, 2.45) is 11.8 Å². The number of hydrogen-bond donors (Lipinski definition) is 1. The second kappa shape index (κ2) is 5.92. The van der Waals surface area contributed by atoms with Crippen LogP contribution in [0.25, 0.3) is 0 Å². The van der Waals surface area contributed by atoms with Crippen molar-refractivity contribution in [3.63, 3.8) is 0 Å². The van der Waals surface area contributed by atoms with E-state index in [1.165, 1.54) is 0 Å². The van der Waals surface area contributed by atoms with E-state index >= 15 is 0 Å². The highest BCUT2D eigenvalue weighted by atomic mass is 35.5. The SMILES string of the molecule is CC1CCC(C(=O)O)CN1C(=O)C1CC1c1ccccc1Cl. The van der Waals surface area contributed by atoms with Crippen LogP contribution in [-0.4, -0.2) is 34.5 Å². The molecule has 4 nitrogen and oxygen atoms in total. The molecule has 22 heavy (non-hydrogen) atoms. The maximum atomic E-state index is 12.7. The Kier molecular flexibility index (Phi) is 4.13. The molecular formula is C17H20ClNO3. The van der Waals surface area contributed by atoms with E-state index in [0.29, 0.717) is 18.0 Å². The molecule has 2 fully saturated rings. The third-order valence-electron chi connectivity index (χ3n) is 4.93. The minimum Gasteiger partial charge on any atom is -0.481 e. The van der Waals surface area contributed by atoms with E-state index in [1.54, 1.807) is 4.90 Å². The first-order valence-corrected chi connectivity index (χ1v) is 8.14. The van der Waals surface area contributed by atoms with Crippen LogP contribution in [0.15, 0.2) is 24.3 Å². The van der Waals surface area contributed by atoms with Crippen LogP contribution in [0.1, 0.15) is 37.7 Å². The highest BCUT2D eigenvalue weighted by molar-refractivity contribution is 6.31. The van der Waals surface area contributed by atoms with Crippen molar-refractivity contribution in [1.82, 2.24) is 4.90 Å². The number of aliphatic carboxylic acids is 1. The number of carboxylic acids is 1. The van der Waals surface area contributed by atoms with Crippen molar-refractivity contribution in [3.8, 4) is 0 Å². The third-order valence-corrected chi connectivity index (χ3v) is 5.27. The minimum atomic E-state index is -0.803. The van der Waals surface area contributed by atoms with Crippen LogP contribution in [0.2, 0.25) is 5.02 Å². The van der Waals surface area contributed by atoms with Gasteiger partial charge in [0, 0.05) is 23.5 Å². The van der Waals surface area contributed by atoms with Crippen LogP contribution in [0, 0.1) is 11.8 Å². The molecule has 4 atom stereocenters. The Morgan fingerprint density at radius 2 is 2.00 bits per heavy atom. The zero-order valence-corrected chi connectivity index (χ0v) is 13.3. The van der Waals surface area contributed by atoms with E-state index in [0.717, 1.165) is 18.4 Å². The number of benzene rings is 1. The molecule has 2 aliphatic rings. The van der Waals surface area contributed by atoms with Crippen molar-refractivity contribution < 1.29 is 14.7 Å². The molecule has 1 aromatic carbocycles. The molecule has 1 N–H and O–H groups in total. The maximum Gasteiger partial charge on any atom is 0.308 e. The number of carbonyl (C=O) groups excluding carboxylic acids is 1. The summed E-state index contributed by atoms with van der Waals surface area (Å²) in [6, 6.07) is 7.76. The lowest BCUT2D eigenvalue weighted by molar-refractivity contribution is -0.147. The summed E-state index contributed by atoms with van der Waals surface area (Å²) < 4.78 is 0. The lowest BCUT2D eigenvalue weighted by Gasteiger charge is -2.36. The van der Waals surface area contributed by atoms with Crippen LogP contribution in [0.4, 0.5) is 0 Å². The van der Waals surface area contributed by atoms with Gasteiger partial charge in [-0.25, -0.2) is 0 Å². The molecule has 0 radical (unpaired) electrons. The Morgan fingerprint density at radius 3 is 2.68 bits per heavy atom. The second-order valence-corrected chi connectivity index (χ2v) is 6.83. The Morgan fingerprint density at radius 1 is 1.27 bits per heavy atom. The average Bonchev–Trinajstić information content (AvgIpc) is 3.27. The molecule has 4 unspecified atom stereocenters. The lowest BCUT2D eigenvalue weighted by atomic mass is 9.93. The Balaban J connectivity index is 1.70. The smallest absolute Gasteiger partial charge is 0.308 e. The van der Waals surface area contributed by atoms with Crippen molar-refractivity contribution in [2.75, 3.05) is 6.54 Å². The van der Waals surface area contributed by atoms with Crippen LogP contribution in [0.3, 0.4) is 0 Å². The predicted molar refractivity (Wildman–Crippen MR) is 83.8 cm³/mol. The topological polar surface area (TPSA) is 57.6 Å². The van der Waals surface area contributed by atoms with Gasteiger partial charge in [-0.3, -0.25) is 9.59 Å².